The minimum atomic E-state index is -1.19. The molecule has 0 spiro atoms. The van der Waals surface area contributed by atoms with E-state index >= 15 is 0 Å². The van der Waals surface area contributed by atoms with Crippen LogP contribution < -0.4 is 10.2 Å². The smallest absolute Gasteiger partial charge is 0.0666 e. The Labute approximate surface area is 102 Å². The van der Waals surface area contributed by atoms with Crippen molar-refractivity contribution >= 4 is 11.9 Å². The Morgan fingerprint density at radius 2 is 1.00 bits per heavy atom. The molecule has 0 rings (SSSR count). The first-order valence-electron chi connectivity index (χ1n) is 3.02. The summed E-state index contributed by atoms with van der Waals surface area (Å²) in [6.45, 7) is 8.95. The van der Waals surface area contributed by atoms with Gasteiger partial charge in [0.25, 0.3) is 0 Å². The maximum Gasteiger partial charge on any atom is 0.0666 e. The third-order valence-electron chi connectivity index (χ3n) is 0.697. The summed E-state index contributed by atoms with van der Waals surface area (Å²) >= 11 is 0. The molecule has 0 atom stereocenters. The summed E-state index contributed by atoms with van der Waals surface area (Å²) in [5.74, 6) is -2.37. The van der Waals surface area contributed by atoms with Crippen molar-refractivity contribution in [2.75, 3.05) is 0 Å². The van der Waals surface area contributed by atoms with Crippen molar-refractivity contribution in [1.82, 2.24) is 0 Å². The molecule has 0 bridgehead atoms. The molecule has 13 heavy (non-hydrogen) atoms. The van der Waals surface area contributed by atoms with Crippen LogP contribution in [0.5, 0.6) is 0 Å². The van der Waals surface area contributed by atoms with Crippen molar-refractivity contribution in [3.8, 4) is 0 Å². The molecule has 0 aromatic carbocycles. The zero-order valence-corrected chi connectivity index (χ0v) is 10.5. The van der Waals surface area contributed by atoms with Gasteiger partial charge < -0.3 is 19.8 Å². The quantitative estimate of drug-likeness (QED) is 0.572. The van der Waals surface area contributed by atoms with Crippen LogP contribution in [0.25, 0.3) is 0 Å². The molecule has 0 unspecified atom stereocenters. The van der Waals surface area contributed by atoms with Crippen molar-refractivity contribution < 1.29 is 52.5 Å². The van der Waals surface area contributed by atoms with Gasteiger partial charge in [0, 0.05) is 32.7 Å². The fraction of sp³-hybridized carbons (Fsp3) is 0.250. The van der Waals surface area contributed by atoms with Crippen LogP contribution in [0, 0.1) is 0 Å². The Morgan fingerprint density at radius 3 is 1.00 bits per heavy atom. The maximum atomic E-state index is 9.49. The Hall–Kier alpha value is -0.476. The average molecular weight is 259 g/mol. The van der Waals surface area contributed by atoms with E-state index in [4.69, 9.17) is 0 Å². The van der Waals surface area contributed by atoms with Crippen molar-refractivity contribution in [2.24, 2.45) is 0 Å². The maximum absolute atomic E-state index is 9.49. The van der Waals surface area contributed by atoms with E-state index in [1.54, 1.807) is 0 Å². The summed E-state index contributed by atoms with van der Waals surface area (Å²) in [5, 5.41) is 19.0. The molecule has 0 heterocycles. The molecule has 0 amide bonds. The standard InChI is InChI=1S/2C4H6O2.Y/c2*1-3(2)4(5)6;/h2*1H2,2H3,(H,5,6);/p-2. The SMILES string of the molecule is C=C(C)C(=O)[O-].C=C(C)C(=O)[O-].[Y]. The second-order valence-electron chi connectivity index (χ2n) is 2.14. The van der Waals surface area contributed by atoms with Gasteiger partial charge in [0.05, 0.1) is 11.9 Å². The van der Waals surface area contributed by atoms with Gasteiger partial charge in [-0.2, -0.15) is 0 Å². The van der Waals surface area contributed by atoms with E-state index in [0.717, 1.165) is 0 Å². The fourth-order valence-electron chi connectivity index (χ4n) is 0. The second kappa shape index (κ2) is 9.61. The van der Waals surface area contributed by atoms with Crippen molar-refractivity contribution in [2.45, 2.75) is 13.8 Å². The van der Waals surface area contributed by atoms with Crippen LogP contribution in [-0.4, -0.2) is 11.9 Å². The van der Waals surface area contributed by atoms with Crippen LogP contribution in [0.4, 0.5) is 0 Å². The molecule has 4 nitrogen and oxygen atoms in total. The van der Waals surface area contributed by atoms with Crippen molar-refractivity contribution in [1.29, 1.82) is 0 Å². The van der Waals surface area contributed by atoms with Gasteiger partial charge in [0.2, 0.25) is 0 Å². The van der Waals surface area contributed by atoms with Crippen LogP contribution >= 0.6 is 0 Å². The van der Waals surface area contributed by atoms with Crippen molar-refractivity contribution in [3.05, 3.63) is 24.3 Å². The number of carboxylic acid groups (broad SMARTS) is 2. The number of carboxylic acids is 2. The van der Waals surface area contributed by atoms with Gasteiger partial charge in [0.1, 0.15) is 0 Å². The fourth-order valence-corrected chi connectivity index (χ4v) is 0. The first-order chi connectivity index (χ1) is 5.29. The van der Waals surface area contributed by atoms with Gasteiger partial charge in [-0.15, -0.1) is 0 Å². The third-order valence-corrected chi connectivity index (χ3v) is 0.697. The molecule has 0 aliphatic rings. The van der Waals surface area contributed by atoms with Crippen LogP contribution in [0.2, 0.25) is 0 Å². The Bertz CT molecular complexity index is 172. The molecule has 0 saturated heterocycles. The molecule has 0 N–H and O–H groups in total. The number of hydrogen-bond donors (Lipinski definition) is 0. The zero-order chi connectivity index (χ0) is 10.3. The largest absolute Gasteiger partial charge is 0.545 e. The van der Waals surface area contributed by atoms with E-state index in [9.17, 15) is 19.8 Å². The number of aliphatic carboxylic acids is 2. The molecule has 0 aromatic rings. The number of carbonyl (C=O) groups is 2. The monoisotopic (exact) mass is 259 g/mol. The molecule has 0 aliphatic carbocycles. The summed E-state index contributed by atoms with van der Waals surface area (Å²) in [4.78, 5) is 19.0. The molecule has 5 heteroatoms. The second-order valence-corrected chi connectivity index (χ2v) is 2.14. The molecule has 0 saturated carbocycles. The molecule has 0 fully saturated rings. The van der Waals surface area contributed by atoms with E-state index in [-0.39, 0.29) is 43.9 Å². The molecule has 1 radical (unpaired) electrons. The predicted molar refractivity (Wildman–Crippen MR) is 39.6 cm³/mol. The van der Waals surface area contributed by atoms with Crippen LogP contribution in [-0.2, 0) is 42.3 Å². The van der Waals surface area contributed by atoms with E-state index in [1.165, 1.54) is 13.8 Å². The first kappa shape index (κ1) is 18.3. The average Bonchev–Trinajstić information content (AvgIpc) is 1.88. The number of rotatable bonds is 2. The van der Waals surface area contributed by atoms with Crippen LogP contribution in [0.15, 0.2) is 24.3 Å². The van der Waals surface area contributed by atoms with Crippen LogP contribution in [0.1, 0.15) is 13.8 Å². The zero-order valence-electron chi connectivity index (χ0n) is 7.62. The van der Waals surface area contributed by atoms with E-state index in [1.807, 2.05) is 0 Å². The van der Waals surface area contributed by atoms with Gasteiger partial charge in [-0.25, -0.2) is 0 Å². The summed E-state index contributed by atoms with van der Waals surface area (Å²) in [7, 11) is 0. The predicted octanol–water partition coefficient (Wildman–Crippen LogP) is -1.38. The number of carbonyl (C=O) groups excluding carboxylic acids is 2. The van der Waals surface area contributed by atoms with Gasteiger partial charge in [-0.05, 0) is 25.0 Å². The van der Waals surface area contributed by atoms with E-state index < -0.39 is 11.9 Å². The molecule has 0 aromatic heterocycles. The Balaban J connectivity index is -0.000000143. The minimum Gasteiger partial charge on any atom is -0.545 e. The van der Waals surface area contributed by atoms with E-state index in [0.29, 0.717) is 0 Å². The summed E-state index contributed by atoms with van der Waals surface area (Å²) in [6.07, 6.45) is 0. The third kappa shape index (κ3) is 18.5. The Kier molecular flexibility index (Phi) is 13.6. The molecule has 0 aliphatic heterocycles. The van der Waals surface area contributed by atoms with E-state index in [2.05, 4.69) is 13.2 Å². The molecular weight excluding hydrogens is 249 g/mol. The molecular formula is C8H10O4Y-2. The summed E-state index contributed by atoms with van der Waals surface area (Å²) in [5.41, 5.74) is 0.130. The number of hydrogen-bond acceptors (Lipinski definition) is 4. The van der Waals surface area contributed by atoms with Gasteiger partial charge >= 0.3 is 0 Å². The van der Waals surface area contributed by atoms with Crippen LogP contribution in [0.3, 0.4) is 0 Å². The first-order valence-corrected chi connectivity index (χ1v) is 3.02. The summed E-state index contributed by atoms with van der Waals surface area (Å²) in [6, 6.07) is 0. The minimum absolute atomic E-state index is 0. The topological polar surface area (TPSA) is 80.3 Å². The molecule has 71 valence electrons. The van der Waals surface area contributed by atoms with Gasteiger partial charge in [-0.1, -0.05) is 13.2 Å². The summed E-state index contributed by atoms with van der Waals surface area (Å²) < 4.78 is 0. The Morgan fingerprint density at radius 1 is 0.923 bits per heavy atom. The van der Waals surface area contributed by atoms with Crippen molar-refractivity contribution in [3.63, 3.8) is 0 Å². The normalized spacial score (nSPS) is 6.92. The van der Waals surface area contributed by atoms with Gasteiger partial charge in [-0.3, -0.25) is 0 Å². The van der Waals surface area contributed by atoms with Gasteiger partial charge in [0.15, 0.2) is 0 Å².